The van der Waals surface area contributed by atoms with Crippen molar-refractivity contribution >= 4 is 17.5 Å². The Morgan fingerprint density at radius 2 is 2.00 bits per heavy atom. The molecule has 0 spiro atoms. The lowest BCUT2D eigenvalue weighted by molar-refractivity contribution is -0.119. The third-order valence-corrected chi connectivity index (χ3v) is 2.24. The van der Waals surface area contributed by atoms with E-state index in [0.717, 1.165) is 0 Å². The summed E-state index contributed by atoms with van der Waals surface area (Å²) in [5.41, 5.74) is 3.47. The van der Waals surface area contributed by atoms with Crippen molar-refractivity contribution in [1.29, 1.82) is 0 Å². The number of benzene rings is 1. The quantitative estimate of drug-likeness (QED) is 0.461. The monoisotopic (exact) mass is 259 g/mol. The van der Waals surface area contributed by atoms with Gasteiger partial charge in [-0.15, -0.1) is 6.58 Å². The highest BCUT2D eigenvalue weighted by Crippen LogP contribution is 1.97. The summed E-state index contributed by atoms with van der Waals surface area (Å²) in [6.07, 6.45) is 1.74. The zero-order chi connectivity index (χ0) is 14.1. The molecular weight excluding hydrogens is 242 g/mol. The summed E-state index contributed by atoms with van der Waals surface area (Å²) in [6.45, 7) is 5.60. The Labute approximate surface area is 112 Å². The van der Waals surface area contributed by atoms with E-state index in [9.17, 15) is 9.59 Å². The van der Waals surface area contributed by atoms with E-state index in [1.165, 1.54) is 0 Å². The van der Waals surface area contributed by atoms with Crippen molar-refractivity contribution in [3.63, 3.8) is 0 Å². The summed E-state index contributed by atoms with van der Waals surface area (Å²) in [5, 5.41) is 6.51. The van der Waals surface area contributed by atoms with E-state index in [-0.39, 0.29) is 18.2 Å². The molecule has 0 radical (unpaired) electrons. The maximum Gasteiger partial charge on any atom is 0.271 e. The average molecular weight is 259 g/mol. The number of nitrogens with one attached hydrogen (secondary N) is 2. The van der Waals surface area contributed by atoms with Crippen LogP contribution in [0.25, 0.3) is 0 Å². The lowest BCUT2D eigenvalue weighted by Crippen LogP contribution is -2.26. The molecule has 5 nitrogen and oxygen atoms in total. The van der Waals surface area contributed by atoms with E-state index in [0.29, 0.717) is 17.8 Å². The van der Waals surface area contributed by atoms with Crippen LogP contribution in [0.4, 0.5) is 0 Å². The van der Waals surface area contributed by atoms with E-state index < -0.39 is 0 Å². The Morgan fingerprint density at radius 1 is 1.32 bits per heavy atom. The first-order chi connectivity index (χ1) is 9.13. The molecule has 1 rings (SSSR count). The summed E-state index contributed by atoms with van der Waals surface area (Å²) in [7, 11) is 0. The second-order valence-electron chi connectivity index (χ2n) is 3.92. The summed E-state index contributed by atoms with van der Waals surface area (Å²) in [5.74, 6) is -0.457. The molecule has 0 saturated carbocycles. The molecule has 0 atom stereocenters. The predicted octanol–water partition coefficient (Wildman–Crippen LogP) is 1.48. The molecule has 0 aliphatic heterocycles. The first-order valence-corrected chi connectivity index (χ1v) is 5.89. The number of hydrogen-bond donors (Lipinski definition) is 2. The van der Waals surface area contributed by atoms with Crippen molar-refractivity contribution in [2.45, 2.75) is 13.3 Å². The van der Waals surface area contributed by atoms with Gasteiger partial charge in [-0.25, -0.2) is 5.43 Å². The normalized spacial score (nSPS) is 10.7. The number of rotatable bonds is 6. The highest BCUT2D eigenvalue weighted by Gasteiger charge is 2.05. The van der Waals surface area contributed by atoms with Crippen LogP contribution in [0.3, 0.4) is 0 Å². The van der Waals surface area contributed by atoms with Crippen molar-refractivity contribution in [3.05, 3.63) is 48.6 Å². The topological polar surface area (TPSA) is 70.6 Å². The van der Waals surface area contributed by atoms with Crippen molar-refractivity contribution < 1.29 is 9.59 Å². The minimum Gasteiger partial charge on any atom is -0.352 e. The molecule has 2 amide bonds. The number of carbonyl (C=O) groups excluding carboxylic acids is 2. The Balaban J connectivity index is 2.45. The minimum absolute atomic E-state index is 0.142. The fraction of sp³-hybridized carbons (Fsp3) is 0.214. The lowest BCUT2D eigenvalue weighted by atomic mass is 10.2. The van der Waals surface area contributed by atoms with Crippen LogP contribution in [-0.2, 0) is 4.79 Å². The number of hydrazone groups is 1. The summed E-state index contributed by atoms with van der Waals surface area (Å²) >= 11 is 0. The van der Waals surface area contributed by atoms with Gasteiger partial charge in [-0.05, 0) is 19.1 Å². The molecule has 0 aliphatic carbocycles. The second kappa shape index (κ2) is 7.81. The van der Waals surface area contributed by atoms with Gasteiger partial charge in [0.25, 0.3) is 5.91 Å². The Morgan fingerprint density at radius 3 is 2.63 bits per heavy atom. The van der Waals surface area contributed by atoms with Crippen LogP contribution in [-0.4, -0.2) is 24.1 Å². The number of amides is 2. The summed E-state index contributed by atoms with van der Waals surface area (Å²) in [4.78, 5) is 23.0. The number of nitrogens with zero attached hydrogens (tertiary/aromatic N) is 1. The van der Waals surface area contributed by atoms with Gasteiger partial charge in [0, 0.05) is 17.8 Å². The highest BCUT2D eigenvalue weighted by molar-refractivity contribution is 6.01. The van der Waals surface area contributed by atoms with Crippen LogP contribution in [0.1, 0.15) is 23.7 Å². The van der Waals surface area contributed by atoms with Crippen LogP contribution in [0, 0.1) is 0 Å². The van der Waals surface area contributed by atoms with Gasteiger partial charge in [0.1, 0.15) is 0 Å². The Hall–Kier alpha value is -2.43. The SMILES string of the molecule is C=CCNC(=O)C/C(C)=N/NC(=O)c1ccccc1. The third kappa shape index (κ3) is 5.63. The zero-order valence-electron chi connectivity index (χ0n) is 10.8. The van der Waals surface area contributed by atoms with Gasteiger partial charge in [-0.1, -0.05) is 24.3 Å². The van der Waals surface area contributed by atoms with Crippen LogP contribution >= 0.6 is 0 Å². The third-order valence-electron chi connectivity index (χ3n) is 2.24. The molecule has 5 heteroatoms. The van der Waals surface area contributed by atoms with E-state index in [4.69, 9.17) is 0 Å². The van der Waals surface area contributed by atoms with Gasteiger partial charge in [-0.3, -0.25) is 9.59 Å². The molecule has 0 bridgehead atoms. The van der Waals surface area contributed by atoms with Crippen LogP contribution in [0.15, 0.2) is 48.1 Å². The smallest absolute Gasteiger partial charge is 0.271 e. The van der Waals surface area contributed by atoms with Gasteiger partial charge < -0.3 is 5.32 Å². The molecule has 0 saturated heterocycles. The molecule has 1 aromatic carbocycles. The predicted molar refractivity (Wildman–Crippen MR) is 74.8 cm³/mol. The minimum atomic E-state index is -0.300. The second-order valence-corrected chi connectivity index (χ2v) is 3.92. The van der Waals surface area contributed by atoms with E-state index in [1.807, 2.05) is 6.07 Å². The number of carbonyl (C=O) groups is 2. The molecule has 0 unspecified atom stereocenters. The van der Waals surface area contributed by atoms with Gasteiger partial charge in [0.05, 0.1) is 6.42 Å². The maximum absolute atomic E-state index is 11.7. The fourth-order valence-electron chi connectivity index (χ4n) is 1.32. The summed E-state index contributed by atoms with van der Waals surface area (Å²) in [6, 6.07) is 8.76. The molecule has 0 aromatic heterocycles. The molecule has 100 valence electrons. The van der Waals surface area contributed by atoms with Crippen LogP contribution < -0.4 is 10.7 Å². The van der Waals surface area contributed by atoms with Crippen molar-refractivity contribution in [2.24, 2.45) is 5.10 Å². The Bertz CT molecular complexity index is 481. The first kappa shape index (κ1) is 14.6. The van der Waals surface area contributed by atoms with Crippen molar-refractivity contribution in [2.75, 3.05) is 6.54 Å². The molecule has 0 fully saturated rings. The fourth-order valence-corrected chi connectivity index (χ4v) is 1.32. The van der Waals surface area contributed by atoms with Gasteiger partial charge in [-0.2, -0.15) is 5.10 Å². The molecule has 0 heterocycles. The van der Waals surface area contributed by atoms with Gasteiger partial charge in [0.15, 0.2) is 0 Å². The molecule has 1 aromatic rings. The van der Waals surface area contributed by atoms with E-state index in [1.54, 1.807) is 37.3 Å². The molecule has 0 aliphatic rings. The highest BCUT2D eigenvalue weighted by atomic mass is 16.2. The molecular formula is C14H17N3O2. The van der Waals surface area contributed by atoms with Crippen LogP contribution in [0.5, 0.6) is 0 Å². The van der Waals surface area contributed by atoms with Crippen molar-refractivity contribution in [1.82, 2.24) is 10.7 Å². The average Bonchev–Trinajstić information content (AvgIpc) is 2.43. The molecule has 19 heavy (non-hydrogen) atoms. The van der Waals surface area contributed by atoms with E-state index >= 15 is 0 Å². The van der Waals surface area contributed by atoms with Crippen molar-refractivity contribution in [3.8, 4) is 0 Å². The van der Waals surface area contributed by atoms with Crippen LogP contribution in [0.2, 0.25) is 0 Å². The van der Waals surface area contributed by atoms with Gasteiger partial charge >= 0.3 is 0 Å². The zero-order valence-corrected chi connectivity index (χ0v) is 10.8. The number of hydrogen-bond acceptors (Lipinski definition) is 3. The standard InChI is InChI=1S/C14H17N3O2/c1-3-9-15-13(18)10-11(2)16-17-14(19)12-7-5-4-6-8-12/h3-8H,1,9-10H2,2H3,(H,15,18)(H,17,19)/b16-11+. The van der Waals surface area contributed by atoms with E-state index in [2.05, 4.69) is 22.4 Å². The largest absolute Gasteiger partial charge is 0.352 e. The molecule has 2 N–H and O–H groups in total. The Kier molecular flexibility index (Phi) is 6.02. The first-order valence-electron chi connectivity index (χ1n) is 5.89. The lowest BCUT2D eigenvalue weighted by Gasteiger charge is -2.03. The summed E-state index contributed by atoms with van der Waals surface area (Å²) < 4.78 is 0. The maximum atomic E-state index is 11.7. The van der Waals surface area contributed by atoms with Gasteiger partial charge in [0.2, 0.25) is 5.91 Å².